The fourth-order valence-corrected chi connectivity index (χ4v) is 2.32. The minimum atomic E-state index is -0.463. The summed E-state index contributed by atoms with van der Waals surface area (Å²) in [6.07, 6.45) is 0.0616. The number of benzene rings is 1. The Labute approximate surface area is 127 Å². The second-order valence-corrected chi connectivity index (χ2v) is 5.15. The predicted molar refractivity (Wildman–Crippen MR) is 82.5 cm³/mol. The molecule has 0 N–H and O–H groups in total. The molecule has 2 rings (SSSR count). The molecule has 0 unspecified atom stereocenters. The van der Waals surface area contributed by atoms with Gasteiger partial charge in [0.2, 0.25) is 0 Å². The maximum Gasteiger partial charge on any atom is 0.269 e. The molecule has 112 valence electrons. The molecule has 0 aliphatic heterocycles. The summed E-state index contributed by atoms with van der Waals surface area (Å²) >= 11 is 0. The summed E-state index contributed by atoms with van der Waals surface area (Å²) < 4.78 is 1.60. The molecule has 1 aromatic carbocycles. The molecule has 0 bridgehead atoms. The van der Waals surface area contributed by atoms with Gasteiger partial charge in [0.05, 0.1) is 23.1 Å². The zero-order valence-corrected chi connectivity index (χ0v) is 12.3. The van der Waals surface area contributed by atoms with Crippen LogP contribution in [0.2, 0.25) is 0 Å². The largest absolute Gasteiger partial charge is 0.306 e. The number of rotatable bonds is 4. The zero-order chi connectivity index (χ0) is 16.3. The molecule has 0 saturated carbocycles. The van der Waals surface area contributed by atoms with E-state index in [1.54, 1.807) is 28.8 Å². The zero-order valence-electron chi connectivity index (χ0n) is 12.3. The summed E-state index contributed by atoms with van der Waals surface area (Å²) in [5.41, 5.74) is 1.65. The van der Waals surface area contributed by atoms with E-state index < -0.39 is 4.92 Å². The lowest BCUT2D eigenvalue weighted by Crippen LogP contribution is -2.26. The maximum atomic E-state index is 12.5. The van der Waals surface area contributed by atoms with E-state index in [0.29, 0.717) is 11.3 Å². The van der Waals surface area contributed by atoms with E-state index >= 15 is 0 Å². The highest BCUT2D eigenvalue weighted by molar-refractivity contribution is 5.62. The van der Waals surface area contributed by atoms with Crippen LogP contribution < -0.4 is 5.56 Å². The summed E-state index contributed by atoms with van der Waals surface area (Å²) in [6, 6.07) is 11.4. The Hall–Kier alpha value is -2.94. The third-order valence-electron chi connectivity index (χ3n) is 3.36. The third kappa shape index (κ3) is 2.88. The lowest BCUT2D eigenvalue weighted by molar-refractivity contribution is -0.384. The molecule has 0 atom stereocenters. The van der Waals surface area contributed by atoms with Gasteiger partial charge in [0.25, 0.3) is 11.2 Å². The molecule has 2 aromatic rings. The summed E-state index contributed by atoms with van der Waals surface area (Å²) in [5, 5.41) is 19.5. The van der Waals surface area contributed by atoms with Gasteiger partial charge in [-0.2, -0.15) is 5.26 Å². The average Bonchev–Trinajstić information content (AvgIpc) is 2.49. The number of nitrogens with zero attached hydrogens (tertiary/aromatic N) is 3. The monoisotopic (exact) mass is 297 g/mol. The quantitative estimate of drug-likeness (QED) is 0.640. The molecule has 0 aliphatic carbocycles. The minimum absolute atomic E-state index is 0.00305. The molecule has 0 saturated heterocycles. The number of nitriles is 1. The Morgan fingerprint density at radius 3 is 2.36 bits per heavy atom. The van der Waals surface area contributed by atoms with Crippen molar-refractivity contribution in [3.63, 3.8) is 0 Å². The second-order valence-electron chi connectivity index (χ2n) is 5.15. The van der Waals surface area contributed by atoms with E-state index in [1.807, 2.05) is 19.9 Å². The minimum Gasteiger partial charge on any atom is -0.306 e. The SMILES string of the molecule is CC(C)n1c(-c2ccc([N+](=O)[O-])cc2)ccc(CC#N)c1=O. The molecule has 0 aliphatic rings. The number of hydrogen-bond donors (Lipinski definition) is 0. The smallest absolute Gasteiger partial charge is 0.269 e. The number of nitro benzene ring substituents is 1. The normalized spacial score (nSPS) is 10.5. The van der Waals surface area contributed by atoms with Crippen molar-refractivity contribution in [3.8, 4) is 17.3 Å². The van der Waals surface area contributed by atoms with Crippen molar-refractivity contribution in [1.29, 1.82) is 5.26 Å². The molecule has 1 heterocycles. The summed E-state index contributed by atoms with van der Waals surface area (Å²) in [7, 11) is 0. The lowest BCUT2D eigenvalue weighted by atomic mass is 10.1. The Kier molecular flexibility index (Phi) is 4.37. The highest BCUT2D eigenvalue weighted by atomic mass is 16.6. The van der Waals surface area contributed by atoms with E-state index in [9.17, 15) is 14.9 Å². The molecule has 1 aromatic heterocycles. The van der Waals surface area contributed by atoms with Gasteiger partial charge in [-0.1, -0.05) is 6.07 Å². The van der Waals surface area contributed by atoms with Gasteiger partial charge in [-0.25, -0.2) is 0 Å². The van der Waals surface area contributed by atoms with E-state index in [0.717, 1.165) is 5.56 Å². The van der Waals surface area contributed by atoms with Gasteiger partial charge < -0.3 is 4.57 Å². The molecule has 0 fully saturated rings. The van der Waals surface area contributed by atoms with Crippen molar-refractivity contribution in [2.24, 2.45) is 0 Å². The van der Waals surface area contributed by atoms with Gasteiger partial charge in [-0.05, 0) is 37.6 Å². The maximum absolute atomic E-state index is 12.5. The number of pyridine rings is 1. The van der Waals surface area contributed by atoms with E-state index in [4.69, 9.17) is 5.26 Å². The van der Waals surface area contributed by atoms with Crippen LogP contribution in [0.3, 0.4) is 0 Å². The Bertz CT molecular complexity index is 799. The fraction of sp³-hybridized carbons (Fsp3) is 0.250. The first-order valence-corrected chi connectivity index (χ1v) is 6.82. The van der Waals surface area contributed by atoms with Crippen LogP contribution in [-0.2, 0) is 6.42 Å². The summed E-state index contributed by atoms with van der Waals surface area (Å²) in [6.45, 7) is 3.76. The summed E-state index contributed by atoms with van der Waals surface area (Å²) in [4.78, 5) is 22.7. The first-order chi connectivity index (χ1) is 10.5. The van der Waals surface area contributed by atoms with E-state index in [2.05, 4.69) is 0 Å². The molecule has 0 radical (unpaired) electrons. The van der Waals surface area contributed by atoms with Crippen LogP contribution in [0.5, 0.6) is 0 Å². The van der Waals surface area contributed by atoms with Crippen molar-refractivity contribution in [2.45, 2.75) is 26.3 Å². The Balaban J connectivity index is 2.60. The van der Waals surface area contributed by atoms with Gasteiger partial charge in [-0.3, -0.25) is 14.9 Å². The molecule has 6 heteroatoms. The van der Waals surface area contributed by atoms with Gasteiger partial charge in [-0.15, -0.1) is 0 Å². The van der Waals surface area contributed by atoms with Crippen molar-refractivity contribution in [1.82, 2.24) is 4.57 Å². The second kappa shape index (κ2) is 6.22. The topological polar surface area (TPSA) is 88.9 Å². The first-order valence-electron chi connectivity index (χ1n) is 6.82. The first kappa shape index (κ1) is 15.4. The van der Waals surface area contributed by atoms with E-state index in [1.165, 1.54) is 12.1 Å². The van der Waals surface area contributed by atoms with Crippen LogP contribution in [0.4, 0.5) is 5.69 Å². The van der Waals surface area contributed by atoms with Crippen LogP contribution in [0.15, 0.2) is 41.2 Å². The lowest BCUT2D eigenvalue weighted by Gasteiger charge is -2.17. The van der Waals surface area contributed by atoms with Crippen molar-refractivity contribution in [3.05, 3.63) is 62.4 Å². The standard InChI is InChI=1S/C16H15N3O3/c1-11(2)18-15(8-5-13(9-10-17)16(18)20)12-3-6-14(7-4-12)19(21)22/h3-8,11H,9H2,1-2H3. The number of aromatic nitrogens is 1. The molecule has 6 nitrogen and oxygen atoms in total. The van der Waals surface area contributed by atoms with Crippen LogP contribution in [0, 0.1) is 21.4 Å². The number of nitro groups is 1. The van der Waals surface area contributed by atoms with Crippen molar-refractivity contribution >= 4 is 5.69 Å². The van der Waals surface area contributed by atoms with Crippen LogP contribution in [0.1, 0.15) is 25.5 Å². The predicted octanol–water partition coefficient (Wildman–Crippen LogP) is 3.07. The highest BCUT2D eigenvalue weighted by Gasteiger charge is 2.14. The highest BCUT2D eigenvalue weighted by Crippen LogP contribution is 2.24. The van der Waals surface area contributed by atoms with E-state index in [-0.39, 0.29) is 23.7 Å². The van der Waals surface area contributed by atoms with Crippen LogP contribution >= 0.6 is 0 Å². The van der Waals surface area contributed by atoms with Gasteiger partial charge in [0.1, 0.15) is 0 Å². The molecule has 0 spiro atoms. The Morgan fingerprint density at radius 2 is 1.86 bits per heavy atom. The number of hydrogen-bond acceptors (Lipinski definition) is 4. The molecular formula is C16H15N3O3. The molecule has 0 amide bonds. The third-order valence-corrected chi connectivity index (χ3v) is 3.36. The average molecular weight is 297 g/mol. The van der Waals surface area contributed by atoms with Crippen molar-refractivity contribution < 1.29 is 4.92 Å². The van der Waals surface area contributed by atoms with Crippen LogP contribution in [0.25, 0.3) is 11.3 Å². The molecule has 22 heavy (non-hydrogen) atoms. The van der Waals surface area contributed by atoms with Gasteiger partial charge >= 0.3 is 0 Å². The van der Waals surface area contributed by atoms with Gasteiger partial charge in [0, 0.05) is 23.7 Å². The van der Waals surface area contributed by atoms with Gasteiger partial charge in [0.15, 0.2) is 0 Å². The van der Waals surface area contributed by atoms with Crippen molar-refractivity contribution in [2.75, 3.05) is 0 Å². The summed E-state index contributed by atoms with van der Waals surface area (Å²) in [5.74, 6) is 0. The Morgan fingerprint density at radius 1 is 1.23 bits per heavy atom. The molecular weight excluding hydrogens is 282 g/mol. The fourth-order valence-electron chi connectivity index (χ4n) is 2.32. The number of non-ortho nitro benzene ring substituents is 1. The van der Waals surface area contributed by atoms with Crippen LogP contribution in [-0.4, -0.2) is 9.49 Å².